The minimum absolute atomic E-state index is 0.0418. The Balaban J connectivity index is 2.29. The number of benzene rings is 1. The number of nitrogens with zero attached hydrogens (tertiary/aromatic N) is 1. The Hall–Kier alpha value is -1.39. The van der Waals surface area contributed by atoms with Crippen molar-refractivity contribution in [3.63, 3.8) is 0 Å². The van der Waals surface area contributed by atoms with Gasteiger partial charge >= 0.3 is 0 Å². The van der Waals surface area contributed by atoms with Gasteiger partial charge in [0.05, 0.1) is 12.6 Å². The van der Waals surface area contributed by atoms with Crippen LogP contribution in [-0.4, -0.2) is 19.6 Å². The van der Waals surface area contributed by atoms with Gasteiger partial charge in [0.1, 0.15) is 0 Å². The van der Waals surface area contributed by atoms with Gasteiger partial charge in [-0.15, -0.1) is 0 Å². The van der Waals surface area contributed by atoms with E-state index in [1.165, 1.54) is 0 Å². The van der Waals surface area contributed by atoms with E-state index < -0.39 is 0 Å². The topological polar surface area (TPSA) is 41.6 Å². The third-order valence-electron chi connectivity index (χ3n) is 2.80. The van der Waals surface area contributed by atoms with E-state index >= 15 is 0 Å². The summed E-state index contributed by atoms with van der Waals surface area (Å²) in [7, 11) is 1.80. The number of hydroxylamine groups is 1. The summed E-state index contributed by atoms with van der Waals surface area (Å²) in [6.45, 7) is 2.50. The lowest BCUT2D eigenvalue weighted by molar-refractivity contribution is -0.120. The fourth-order valence-corrected chi connectivity index (χ4v) is 1.93. The number of hydrogen-bond acceptors (Lipinski definition) is 3. The van der Waals surface area contributed by atoms with Gasteiger partial charge in [0.15, 0.2) is 0 Å². The number of rotatable bonds is 3. The summed E-state index contributed by atoms with van der Waals surface area (Å²) in [4.78, 5) is 18.6. The molecule has 0 aliphatic carbocycles. The lowest BCUT2D eigenvalue weighted by atomic mass is 9.97. The van der Waals surface area contributed by atoms with Crippen molar-refractivity contribution in [3.8, 4) is 0 Å². The first kappa shape index (κ1) is 11.1. The van der Waals surface area contributed by atoms with Crippen molar-refractivity contribution in [3.05, 3.63) is 29.8 Å². The zero-order valence-electron chi connectivity index (χ0n) is 9.56. The van der Waals surface area contributed by atoms with Crippen molar-refractivity contribution in [2.75, 3.05) is 18.6 Å². The minimum Gasteiger partial charge on any atom is -0.315 e. The van der Waals surface area contributed by atoms with Crippen molar-refractivity contribution in [1.82, 2.24) is 5.48 Å². The lowest BCUT2D eigenvalue weighted by Crippen LogP contribution is -2.37. The molecule has 1 heterocycles. The fraction of sp³-hybridized carbons (Fsp3) is 0.417. The maximum atomic E-state index is 11.8. The van der Waals surface area contributed by atoms with Gasteiger partial charge in [-0.2, -0.15) is 5.48 Å². The number of fused-ring (bicyclic) bond motifs is 1. The van der Waals surface area contributed by atoms with Gasteiger partial charge < -0.3 is 9.74 Å². The Morgan fingerprint density at radius 1 is 1.50 bits per heavy atom. The van der Waals surface area contributed by atoms with Crippen LogP contribution in [0.1, 0.15) is 24.9 Å². The Kier molecular flexibility index (Phi) is 3.22. The van der Waals surface area contributed by atoms with Crippen molar-refractivity contribution in [2.24, 2.45) is 0 Å². The second-order valence-electron chi connectivity index (χ2n) is 3.82. The van der Waals surface area contributed by atoms with Crippen LogP contribution in [0.4, 0.5) is 5.69 Å². The first-order valence-electron chi connectivity index (χ1n) is 5.46. The molecule has 2 rings (SSSR count). The molecule has 16 heavy (non-hydrogen) atoms. The molecule has 1 aliphatic heterocycles. The maximum Gasteiger partial charge on any atom is 0.228 e. The van der Waals surface area contributed by atoms with Gasteiger partial charge in [0.25, 0.3) is 0 Å². The fourth-order valence-electron chi connectivity index (χ4n) is 1.93. The van der Waals surface area contributed by atoms with Crippen LogP contribution in [0, 0.1) is 0 Å². The molecule has 0 bridgehead atoms. The third-order valence-corrected chi connectivity index (χ3v) is 2.80. The van der Waals surface area contributed by atoms with Crippen molar-refractivity contribution in [2.45, 2.75) is 19.4 Å². The molecule has 0 spiro atoms. The van der Waals surface area contributed by atoms with E-state index in [0.29, 0.717) is 13.0 Å². The Labute approximate surface area is 95.2 Å². The number of anilines is 1. The van der Waals surface area contributed by atoms with Crippen LogP contribution >= 0.6 is 0 Å². The van der Waals surface area contributed by atoms with Crippen LogP contribution in [0.15, 0.2) is 24.3 Å². The van der Waals surface area contributed by atoms with Crippen molar-refractivity contribution < 1.29 is 9.63 Å². The molecule has 4 heteroatoms. The van der Waals surface area contributed by atoms with E-state index in [2.05, 4.69) is 5.48 Å². The molecular weight excluding hydrogens is 204 g/mol. The number of hydrogen-bond donors (Lipinski definition) is 1. The maximum absolute atomic E-state index is 11.8. The second-order valence-corrected chi connectivity index (χ2v) is 3.82. The number of carbonyl (C=O) groups excluding carboxylic acids is 1. The van der Waals surface area contributed by atoms with Gasteiger partial charge in [-0.25, -0.2) is 0 Å². The number of carbonyl (C=O) groups is 1. The van der Waals surface area contributed by atoms with Crippen LogP contribution < -0.4 is 10.4 Å². The molecule has 0 radical (unpaired) electrons. The second kappa shape index (κ2) is 4.63. The standard InChI is InChI=1S/C12H16N2O2/c1-3-16-13-10-8-12(15)14(2)11-7-5-4-6-9(10)11/h4-7,10,13H,3,8H2,1-2H3. The molecule has 0 saturated heterocycles. The van der Waals surface area contributed by atoms with Crippen LogP contribution in [0.2, 0.25) is 0 Å². The third kappa shape index (κ3) is 1.94. The van der Waals surface area contributed by atoms with Gasteiger partial charge in [-0.3, -0.25) is 4.79 Å². The molecular formula is C12H16N2O2. The highest BCUT2D eigenvalue weighted by atomic mass is 16.6. The summed E-state index contributed by atoms with van der Waals surface area (Å²) in [5, 5.41) is 0. The molecule has 1 N–H and O–H groups in total. The Bertz CT molecular complexity index is 392. The molecule has 0 aromatic heterocycles. The molecule has 0 fully saturated rings. The van der Waals surface area contributed by atoms with Gasteiger partial charge in [0.2, 0.25) is 5.91 Å². The quantitative estimate of drug-likeness (QED) is 0.787. The molecule has 4 nitrogen and oxygen atoms in total. The summed E-state index contributed by atoms with van der Waals surface area (Å²) in [6, 6.07) is 7.84. The molecule has 1 aliphatic rings. The summed E-state index contributed by atoms with van der Waals surface area (Å²) < 4.78 is 0. The SMILES string of the molecule is CCONC1CC(=O)N(C)c2ccccc21. The highest BCUT2D eigenvalue weighted by Gasteiger charge is 2.28. The molecule has 1 unspecified atom stereocenters. The summed E-state index contributed by atoms with van der Waals surface area (Å²) in [5.41, 5.74) is 4.99. The summed E-state index contributed by atoms with van der Waals surface area (Å²) in [5.74, 6) is 0.107. The predicted octanol–water partition coefficient (Wildman–Crippen LogP) is 1.64. The monoisotopic (exact) mass is 220 g/mol. The summed E-state index contributed by atoms with van der Waals surface area (Å²) >= 11 is 0. The van der Waals surface area contributed by atoms with Crippen LogP contribution in [0.3, 0.4) is 0 Å². The van der Waals surface area contributed by atoms with Crippen LogP contribution in [0.25, 0.3) is 0 Å². The first-order valence-corrected chi connectivity index (χ1v) is 5.46. The Morgan fingerprint density at radius 3 is 3.00 bits per heavy atom. The van der Waals surface area contributed by atoms with Crippen LogP contribution in [-0.2, 0) is 9.63 Å². The average Bonchev–Trinajstić information content (AvgIpc) is 2.32. The molecule has 1 amide bonds. The zero-order valence-corrected chi connectivity index (χ0v) is 9.56. The van der Waals surface area contributed by atoms with E-state index in [-0.39, 0.29) is 11.9 Å². The lowest BCUT2D eigenvalue weighted by Gasteiger charge is -2.31. The molecule has 1 atom stereocenters. The van der Waals surface area contributed by atoms with Crippen molar-refractivity contribution in [1.29, 1.82) is 0 Å². The van der Waals surface area contributed by atoms with E-state index in [4.69, 9.17) is 4.84 Å². The molecule has 86 valence electrons. The Morgan fingerprint density at radius 2 is 2.25 bits per heavy atom. The van der Waals surface area contributed by atoms with E-state index in [9.17, 15) is 4.79 Å². The highest BCUT2D eigenvalue weighted by molar-refractivity contribution is 5.96. The normalized spacial score (nSPS) is 19.8. The first-order chi connectivity index (χ1) is 7.74. The summed E-state index contributed by atoms with van der Waals surface area (Å²) in [6.07, 6.45) is 0.438. The molecule has 1 aromatic carbocycles. The van der Waals surface area contributed by atoms with Gasteiger partial charge in [0, 0.05) is 19.2 Å². The van der Waals surface area contributed by atoms with Gasteiger partial charge in [-0.1, -0.05) is 18.2 Å². The van der Waals surface area contributed by atoms with Gasteiger partial charge in [-0.05, 0) is 18.6 Å². The number of para-hydroxylation sites is 1. The number of amides is 1. The molecule has 0 saturated carbocycles. The minimum atomic E-state index is -0.0418. The largest absolute Gasteiger partial charge is 0.315 e. The smallest absolute Gasteiger partial charge is 0.228 e. The highest BCUT2D eigenvalue weighted by Crippen LogP contribution is 2.33. The molecule has 1 aromatic rings. The predicted molar refractivity (Wildman–Crippen MR) is 62.0 cm³/mol. The van der Waals surface area contributed by atoms with E-state index in [1.807, 2.05) is 31.2 Å². The number of nitrogens with one attached hydrogen (secondary N) is 1. The van der Waals surface area contributed by atoms with E-state index in [0.717, 1.165) is 11.3 Å². The average molecular weight is 220 g/mol. The van der Waals surface area contributed by atoms with E-state index in [1.54, 1.807) is 11.9 Å². The van der Waals surface area contributed by atoms with Crippen LogP contribution in [0.5, 0.6) is 0 Å². The zero-order chi connectivity index (χ0) is 11.5. The van der Waals surface area contributed by atoms with Crippen molar-refractivity contribution >= 4 is 11.6 Å².